The molecule has 0 fully saturated rings. The van der Waals surface area contributed by atoms with E-state index in [1.54, 1.807) is 32.0 Å². The van der Waals surface area contributed by atoms with Crippen LogP contribution >= 0.6 is 11.6 Å². The van der Waals surface area contributed by atoms with Crippen molar-refractivity contribution in [2.45, 2.75) is 13.8 Å². The fourth-order valence-corrected chi connectivity index (χ4v) is 1.46. The Morgan fingerprint density at radius 1 is 1.53 bits per heavy atom. The Morgan fingerprint density at radius 2 is 2.16 bits per heavy atom. The van der Waals surface area contributed by atoms with Crippen molar-refractivity contribution in [2.75, 3.05) is 12.4 Å². The fraction of sp³-hybridized carbons (Fsp3) is 0.333. The summed E-state index contributed by atoms with van der Waals surface area (Å²) >= 11 is 5.89. The maximum atomic E-state index is 12.1. The summed E-state index contributed by atoms with van der Waals surface area (Å²) in [5, 5.41) is 14.6. The molecule has 0 aliphatic heterocycles. The van der Waals surface area contributed by atoms with Gasteiger partial charge in [0.05, 0.1) is 12.1 Å². The second-order valence-electron chi connectivity index (χ2n) is 4.41. The molecule has 7 heteroatoms. The van der Waals surface area contributed by atoms with Gasteiger partial charge < -0.3 is 21.0 Å². The summed E-state index contributed by atoms with van der Waals surface area (Å²) < 4.78 is 5.05. The highest BCUT2D eigenvalue weighted by Crippen LogP contribution is 2.28. The first-order valence-electron chi connectivity index (χ1n) is 5.46. The van der Waals surface area contributed by atoms with Gasteiger partial charge in [-0.15, -0.1) is 0 Å². The first-order valence-corrected chi connectivity index (χ1v) is 5.83. The van der Waals surface area contributed by atoms with Gasteiger partial charge in [-0.05, 0) is 26.0 Å². The number of nitrogens with zero attached hydrogens (tertiary/aromatic N) is 1. The van der Waals surface area contributed by atoms with Crippen LogP contribution in [-0.2, 0) is 4.79 Å². The Labute approximate surface area is 116 Å². The van der Waals surface area contributed by atoms with Gasteiger partial charge in [0.2, 0.25) is 5.91 Å². The van der Waals surface area contributed by atoms with Crippen molar-refractivity contribution in [1.82, 2.24) is 0 Å². The number of amidine groups is 1. The maximum absolute atomic E-state index is 12.1. The van der Waals surface area contributed by atoms with Gasteiger partial charge in [0.25, 0.3) is 0 Å². The predicted octanol–water partition coefficient (Wildman–Crippen LogP) is 2.06. The summed E-state index contributed by atoms with van der Waals surface area (Å²) in [4.78, 5) is 12.1. The van der Waals surface area contributed by atoms with Crippen molar-refractivity contribution in [3.63, 3.8) is 0 Å². The fourth-order valence-electron chi connectivity index (χ4n) is 1.27. The van der Waals surface area contributed by atoms with Gasteiger partial charge in [-0.1, -0.05) is 16.8 Å². The molecule has 0 spiro atoms. The summed E-state index contributed by atoms with van der Waals surface area (Å²) in [7, 11) is 1.48. The van der Waals surface area contributed by atoms with Crippen LogP contribution in [0.2, 0.25) is 5.02 Å². The third kappa shape index (κ3) is 3.29. The molecule has 0 unspecified atom stereocenters. The molecule has 4 N–H and O–H groups in total. The average Bonchev–Trinajstić information content (AvgIpc) is 2.39. The number of methoxy groups -OCH3 is 1. The first kappa shape index (κ1) is 15.1. The minimum Gasteiger partial charge on any atom is -0.495 e. The smallest absolute Gasteiger partial charge is 0.237 e. The number of rotatable bonds is 4. The Kier molecular flexibility index (Phi) is 4.61. The Hall–Kier alpha value is -1.95. The van der Waals surface area contributed by atoms with Gasteiger partial charge in [0.15, 0.2) is 5.84 Å². The van der Waals surface area contributed by atoms with E-state index in [0.29, 0.717) is 16.5 Å². The van der Waals surface area contributed by atoms with Gasteiger partial charge in [0, 0.05) is 11.8 Å². The molecule has 6 nitrogen and oxygen atoms in total. The molecule has 1 rings (SSSR count). The van der Waals surface area contributed by atoms with E-state index in [1.807, 2.05) is 0 Å². The topological polar surface area (TPSA) is 96.9 Å². The Morgan fingerprint density at radius 3 is 2.68 bits per heavy atom. The number of benzene rings is 1. The molecule has 1 aromatic rings. The highest BCUT2D eigenvalue weighted by atomic mass is 35.5. The Balaban J connectivity index is 2.94. The van der Waals surface area contributed by atoms with E-state index in [0.717, 1.165) is 0 Å². The molecular formula is C12H16ClN3O3. The molecule has 19 heavy (non-hydrogen) atoms. The summed E-state index contributed by atoms with van der Waals surface area (Å²) in [6.45, 7) is 3.09. The highest BCUT2D eigenvalue weighted by molar-refractivity contribution is 6.32. The second-order valence-corrected chi connectivity index (χ2v) is 4.82. The van der Waals surface area contributed by atoms with E-state index >= 15 is 0 Å². The van der Waals surface area contributed by atoms with Gasteiger partial charge in [-0.3, -0.25) is 4.79 Å². The lowest BCUT2D eigenvalue weighted by Crippen LogP contribution is -2.42. The van der Waals surface area contributed by atoms with E-state index in [1.165, 1.54) is 7.11 Å². The van der Waals surface area contributed by atoms with E-state index < -0.39 is 11.3 Å². The molecule has 104 valence electrons. The largest absolute Gasteiger partial charge is 0.495 e. The third-order valence-corrected chi connectivity index (χ3v) is 3.04. The first-order chi connectivity index (χ1) is 8.82. The number of hydrogen-bond donors (Lipinski definition) is 3. The summed E-state index contributed by atoms with van der Waals surface area (Å²) in [6, 6.07) is 4.82. The Bertz CT molecular complexity index is 515. The molecule has 1 aromatic carbocycles. The number of halogens is 1. The van der Waals surface area contributed by atoms with Gasteiger partial charge in [-0.25, -0.2) is 0 Å². The zero-order chi connectivity index (χ0) is 14.6. The number of nitrogens with one attached hydrogen (secondary N) is 1. The van der Waals surface area contributed by atoms with Gasteiger partial charge in [-0.2, -0.15) is 0 Å². The van der Waals surface area contributed by atoms with Crippen molar-refractivity contribution < 1.29 is 14.7 Å². The zero-order valence-electron chi connectivity index (χ0n) is 10.9. The van der Waals surface area contributed by atoms with Crippen molar-refractivity contribution in [3.8, 4) is 5.75 Å². The third-order valence-electron chi connectivity index (χ3n) is 2.72. The van der Waals surface area contributed by atoms with Crippen LogP contribution < -0.4 is 15.8 Å². The molecule has 0 saturated heterocycles. The van der Waals surface area contributed by atoms with Crippen LogP contribution in [0.25, 0.3) is 0 Å². The molecule has 0 aromatic heterocycles. The standard InChI is InChI=1S/C12H16ClN3O3/c1-12(2,10(14)16-18)11(17)15-7-4-5-8(13)9(6-7)19-3/h4-6,18H,1-3H3,(H2,14,16)(H,15,17). The van der Waals surface area contributed by atoms with E-state index in [2.05, 4.69) is 10.5 Å². The summed E-state index contributed by atoms with van der Waals surface area (Å²) in [5.74, 6) is -0.140. The van der Waals surface area contributed by atoms with E-state index in [4.69, 9.17) is 27.3 Å². The normalized spacial score (nSPS) is 12.1. The van der Waals surface area contributed by atoms with Crippen LogP contribution in [0, 0.1) is 5.41 Å². The van der Waals surface area contributed by atoms with E-state index in [-0.39, 0.29) is 5.84 Å². The molecular weight excluding hydrogens is 270 g/mol. The number of hydrogen-bond acceptors (Lipinski definition) is 4. The second kappa shape index (κ2) is 5.79. The van der Waals surface area contributed by atoms with Crippen LogP contribution in [0.4, 0.5) is 5.69 Å². The minimum atomic E-state index is -1.14. The summed E-state index contributed by atoms with van der Waals surface area (Å²) in [5.41, 5.74) is 4.85. The molecule has 0 bridgehead atoms. The zero-order valence-corrected chi connectivity index (χ0v) is 11.7. The van der Waals surface area contributed by atoms with Crippen molar-refractivity contribution in [2.24, 2.45) is 16.3 Å². The maximum Gasteiger partial charge on any atom is 0.237 e. The summed E-state index contributed by atoms with van der Waals surface area (Å²) in [6.07, 6.45) is 0. The molecule has 0 aliphatic carbocycles. The number of oxime groups is 1. The minimum absolute atomic E-state index is 0.175. The highest BCUT2D eigenvalue weighted by Gasteiger charge is 2.32. The number of nitrogens with two attached hydrogens (primary N) is 1. The lowest BCUT2D eigenvalue weighted by atomic mass is 9.91. The lowest BCUT2D eigenvalue weighted by molar-refractivity contribution is -0.121. The number of anilines is 1. The predicted molar refractivity (Wildman–Crippen MR) is 73.8 cm³/mol. The molecule has 0 saturated carbocycles. The van der Waals surface area contributed by atoms with Crippen molar-refractivity contribution >= 4 is 29.0 Å². The number of amides is 1. The van der Waals surface area contributed by atoms with Crippen molar-refractivity contribution in [1.29, 1.82) is 0 Å². The van der Waals surface area contributed by atoms with Crippen molar-refractivity contribution in [3.05, 3.63) is 23.2 Å². The number of ether oxygens (including phenoxy) is 1. The van der Waals surface area contributed by atoms with E-state index in [9.17, 15) is 4.79 Å². The molecule has 0 aliphatic rings. The molecule has 0 heterocycles. The molecule has 0 radical (unpaired) electrons. The van der Waals surface area contributed by atoms with Gasteiger partial charge >= 0.3 is 0 Å². The molecule has 1 amide bonds. The quantitative estimate of drug-likeness (QED) is 0.341. The SMILES string of the molecule is COc1cc(NC(=O)C(C)(C)/C(N)=N/O)ccc1Cl. The van der Waals surface area contributed by atoms with Crippen LogP contribution in [0.5, 0.6) is 5.75 Å². The van der Waals surface area contributed by atoms with Crippen LogP contribution in [0.3, 0.4) is 0 Å². The average molecular weight is 286 g/mol. The number of carbonyl (C=O) groups excluding carboxylic acids is 1. The number of carbonyl (C=O) groups is 1. The monoisotopic (exact) mass is 285 g/mol. The van der Waals surface area contributed by atoms with Crippen LogP contribution in [0.1, 0.15) is 13.8 Å². The van der Waals surface area contributed by atoms with Crippen LogP contribution in [0.15, 0.2) is 23.4 Å². The molecule has 0 atom stereocenters. The van der Waals surface area contributed by atoms with Gasteiger partial charge in [0.1, 0.15) is 11.2 Å². The van der Waals surface area contributed by atoms with Crippen LogP contribution in [-0.4, -0.2) is 24.1 Å². The lowest BCUT2D eigenvalue weighted by Gasteiger charge is -2.22.